The molecule has 0 heterocycles. The molecule has 0 aliphatic rings. The molecule has 0 radical (unpaired) electrons. The van der Waals surface area contributed by atoms with Gasteiger partial charge in [-0.2, -0.15) is 0 Å². The summed E-state index contributed by atoms with van der Waals surface area (Å²) in [5.41, 5.74) is 0. The Kier molecular flexibility index (Phi) is 48.7. The van der Waals surface area contributed by atoms with Crippen LogP contribution < -0.4 is 5.32 Å². The summed E-state index contributed by atoms with van der Waals surface area (Å²) in [7, 11) is 1.58. The zero-order chi connectivity index (χ0) is 48.5. The lowest BCUT2D eigenvalue weighted by atomic mass is 10.0. The summed E-state index contributed by atoms with van der Waals surface area (Å²) >= 11 is 0. The normalized spacial score (nSPS) is 14.0. The highest BCUT2D eigenvalue weighted by molar-refractivity contribution is 7.47. The van der Waals surface area contributed by atoms with Gasteiger partial charge in [-0.1, -0.05) is 283 Å². The number of nitrogens with zero attached hydrogens (tertiary/aromatic N) is 1. The molecular formula is C57H116N2O6P+. The summed E-state index contributed by atoms with van der Waals surface area (Å²) in [4.78, 5) is 23.0. The maximum Gasteiger partial charge on any atom is 0.472 e. The van der Waals surface area contributed by atoms with Gasteiger partial charge in [0.15, 0.2) is 0 Å². The summed E-state index contributed by atoms with van der Waals surface area (Å²) in [5.74, 6) is -0.177. The van der Waals surface area contributed by atoms with E-state index in [1.54, 1.807) is 6.08 Å². The van der Waals surface area contributed by atoms with Crippen molar-refractivity contribution < 1.29 is 32.9 Å². The van der Waals surface area contributed by atoms with E-state index in [1.165, 1.54) is 231 Å². The zero-order valence-electron chi connectivity index (χ0n) is 45.0. The minimum Gasteiger partial charge on any atom is -0.387 e. The Morgan fingerprint density at radius 1 is 0.500 bits per heavy atom. The Balaban J connectivity index is 3.67. The van der Waals surface area contributed by atoms with E-state index in [2.05, 4.69) is 19.2 Å². The molecule has 3 atom stereocenters. The summed E-state index contributed by atoms with van der Waals surface area (Å²) < 4.78 is 23.5. The van der Waals surface area contributed by atoms with Crippen LogP contribution in [0.2, 0.25) is 0 Å². The van der Waals surface area contributed by atoms with Gasteiger partial charge in [0.05, 0.1) is 39.9 Å². The third-order valence-electron chi connectivity index (χ3n) is 13.5. The molecule has 0 spiro atoms. The van der Waals surface area contributed by atoms with E-state index in [0.717, 1.165) is 44.9 Å². The minimum atomic E-state index is -4.32. The van der Waals surface area contributed by atoms with Gasteiger partial charge in [0, 0.05) is 6.42 Å². The van der Waals surface area contributed by atoms with Crippen LogP contribution in [0.15, 0.2) is 12.2 Å². The number of allylic oxidation sites excluding steroid dienone is 1. The number of hydrogen-bond acceptors (Lipinski definition) is 5. The molecule has 0 aliphatic heterocycles. The third kappa shape index (κ3) is 51.1. The molecular weight excluding hydrogens is 840 g/mol. The van der Waals surface area contributed by atoms with Gasteiger partial charge in [-0.3, -0.25) is 13.8 Å². The molecule has 0 fully saturated rings. The van der Waals surface area contributed by atoms with Crippen LogP contribution in [-0.4, -0.2) is 73.4 Å². The standard InChI is InChI=1S/C57H115N2O6P/c1-6-8-10-12-14-15-16-17-18-19-20-21-22-23-24-25-26-27-28-29-30-31-32-33-34-35-36-37-38-39-40-41-42-43-44-45-47-49-51-57(61)58-55(56(60)50-48-46-13-11-9-7-2)54-65-66(62,63)64-53-52-59(3,4)5/h48,50,55-56,60H,6-47,49,51-54H2,1-5H3,(H-,58,61,62,63)/p+1/b50-48+. The molecule has 8 nitrogen and oxygen atoms in total. The number of hydrogen-bond donors (Lipinski definition) is 3. The first kappa shape index (κ1) is 65.2. The average Bonchev–Trinajstić information content (AvgIpc) is 3.28. The van der Waals surface area contributed by atoms with Gasteiger partial charge >= 0.3 is 7.82 Å². The van der Waals surface area contributed by atoms with Crippen molar-refractivity contribution in [3.63, 3.8) is 0 Å². The van der Waals surface area contributed by atoms with Crippen LogP contribution in [0.4, 0.5) is 0 Å². The third-order valence-corrected chi connectivity index (χ3v) is 14.5. The van der Waals surface area contributed by atoms with Gasteiger partial charge in [0.2, 0.25) is 5.91 Å². The Bertz CT molecular complexity index is 1080. The number of unbranched alkanes of at least 4 members (excludes halogenated alkanes) is 41. The number of phosphoric ester groups is 1. The fourth-order valence-electron chi connectivity index (χ4n) is 8.93. The summed E-state index contributed by atoms with van der Waals surface area (Å²) in [6, 6.07) is -0.838. The van der Waals surface area contributed by atoms with E-state index in [1.807, 2.05) is 27.2 Å². The Morgan fingerprint density at radius 2 is 0.803 bits per heavy atom. The lowest BCUT2D eigenvalue weighted by molar-refractivity contribution is -0.870. The van der Waals surface area contributed by atoms with E-state index >= 15 is 0 Å². The van der Waals surface area contributed by atoms with Gasteiger partial charge in [-0.25, -0.2) is 4.57 Å². The number of rotatable bonds is 54. The van der Waals surface area contributed by atoms with Crippen molar-refractivity contribution in [2.75, 3.05) is 40.9 Å². The van der Waals surface area contributed by atoms with Gasteiger partial charge in [-0.15, -0.1) is 0 Å². The van der Waals surface area contributed by atoms with Crippen LogP contribution in [0.5, 0.6) is 0 Å². The van der Waals surface area contributed by atoms with Crippen molar-refractivity contribution in [1.29, 1.82) is 0 Å². The quantitative estimate of drug-likeness (QED) is 0.0243. The van der Waals surface area contributed by atoms with Crippen LogP contribution in [0.1, 0.15) is 296 Å². The molecule has 0 saturated heterocycles. The number of carbonyl (C=O) groups is 1. The van der Waals surface area contributed by atoms with Crippen LogP contribution in [0.3, 0.4) is 0 Å². The van der Waals surface area contributed by atoms with E-state index in [9.17, 15) is 19.4 Å². The van der Waals surface area contributed by atoms with Crippen LogP contribution in [-0.2, 0) is 18.4 Å². The zero-order valence-corrected chi connectivity index (χ0v) is 45.9. The molecule has 0 saturated carbocycles. The highest BCUT2D eigenvalue weighted by Crippen LogP contribution is 2.43. The molecule has 0 aromatic rings. The monoisotopic (exact) mass is 956 g/mol. The Morgan fingerprint density at radius 3 is 1.12 bits per heavy atom. The van der Waals surface area contributed by atoms with Crippen LogP contribution >= 0.6 is 7.82 Å². The number of amides is 1. The number of aliphatic hydroxyl groups is 1. The summed E-state index contributed by atoms with van der Waals surface area (Å²) in [6.45, 7) is 4.76. The van der Waals surface area contributed by atoms with Gasteiger partial charge in [0.1, 0.15) is 13.2 Å². The van der Waals surface area contributed by atoms with E-state index < -0.39 is 20.0 Å². The van der Waals surface area contributed by atoms with Crippen LogP contribution in [0, 0.1) is 0 Å². The maximum absolute atomic E-state index is 12.8. The fraction of sp³-hybridized carbons (Fsp3) is 0.947. The first-order valence-electron chi connectivity index (χ1n) is 29.1. The second-order valence-electron chi connectivity index (χ2n) is 21.4. The smallest absolute Gasteiger partial charge is 0.387 e. The molecule has 0 bridgehead atoms. The lowest BCUT2D eigenvalue weighted by Crippen LogP contribution is -2.45. The number of nitrogens with one attached hydrogen (secondary N) is 1. The molecule has 3 unspecified atom stereocenters. The summed E-state index contributed by atoms with van der Waals surface area (Å²) in [5, 5.41) is 13.7. The molecule has 66 heavy (non-hydrogen) atoms. The highest BCUT2D eigenvalue weighted by atomic mass is 31.2. The van der Waals surface area contributed by atoms with Crippen molar-refractivity contribution >= 4 is 13.7 Å². The minimum absolute atomic E-state index is 0.0638. The molecule has 0 rings (SSSR count). The number of aliphatic hydroxyl groups excluding tert-OH is 1. The number of quaternary nitrogens is 1. The van der Waals surface area contributed by atoms with Crippen molar-refractivity contribution in [3.8, 4) is 0 Å². The topological polar surface area (TPSA) is 105 Å². The first-order valence-corrected chi connectivity index (χ1v) is 30.6. The maximum atomic E-state index is 12.8. The van der Waals surface area contributed by atoms with E-state index in [4.69, 9.17) is 9.05 Å². The van der Waals surface area contributed by atoms with Crippen molar-refractivity contribution in [1.82, 2.24) is 5.32 Å². The predicted molar refractivity (Wildman–Crippen MR) is 286 cm³/mol. The second kappa shape index (κ2) is 49.2. The van der Waals surface area contributed by atoms with E-state index in [-0.39, 0.29) is 19.1 Å². The summed E-state index contributed by atoms with van der Waals surface area (Å²) in [6.07, 6.45) is 61.1. The lowest BCUT2D eigenvalue weighted by Gasteiger charge is -2.25. The molecule has 3 N–H and O–H groups in total. The SMILES string of the molecule is CCCCCC/C=C/C(O)C(COP(=O)(O)OCC[N+](C)(C)C)NC(=O)CCCCCCCCCCCCCCCCCCCCCCCCCCCCCCCCCCCCCCCC. The Labute approximate surface area is 412 Å². The van der Waals surface area contributed by atoms with Gasteiger partial charge < -0.3 is 19.8 Å². The van der Waals surface area contributed by atoms with Crippen molar-refractivity contribution in [2.45, 2.75) is 309 Å². The van der Waals surface area contributed by atoms with Crippen LogP contribution in [0.25, 0.3) is 0 Å². The first-order chi connectivity index (χ1) is 32.0. The predicted octanol–water partition coefficient (Wildman–Crippen LogP) is 17.4. The molecule has 9 heteroatoms. The van der Waals surface area contributed by atoms with E-state index in [0.29, 0.717) is 17.4 Å². The largest absolute Gasteiger partial charge is 0.472 e. The molecule has 1 amide bonds. The average molecular weight is 957 g/mol. The highest BCUT2D eigenvalue weighted by Gasteiger charge is 2.27. The van der Waals surface area contributed by atoms with Crippen molar-refractivity contribution in [3.05, 3.63) is 12.2 Å². The fourth-order valence-corrected chi connectivity index (χ4v) is 9.66. The van der Waals surface area contributed by atoms with Gasteiger partial charge in [-0.05, 0) is 19.3 Å². The van der Waals surface area contributed by atoms with Gasteiger partial charge in [0.25, 0.3) is 0 Å². The second-order valence-corrected chi connectivity index (χ2v) is 22.8. The number of carbonyl (C=O) groups excluding carboxylic acids is 1. The van der Waals surface area contributed by atoms with Crippen molar-refractivity contribution in [2.24, 2.45) is 0 Å². The molecule has 0 aliphatic carbocycles. The number of phosphoric acid groups is 1. The molecule has 394 valence electrons. The number of likely N-dealkylation sites (N-methyl/N-ethyl adjacent to an activating group) is 1. The molecule has 0 aromatic carbocycles. The molecule has 0 aromatic heterocycles. The Hall–Kier alpha value is -0.760.